The van der Waals surface area contributed by atoms with Gasteiger partial charge in [0.05, 0.1) is 16.8 Å². The smallest absolute Gasteiger partial charge is 0.478 e. The molecule has 0 aliphatic rings. The lowest BCUT2D eigenvalue weighted by molar-refractivity contribution is -0.137. The summed E-state index contributed by atoms with van der Waals surface area (Å²) >= 11 is 0. The first kappa shape index (κ1) is 17.1. The van der Waals surface area contributed by atoms with E-state index in [2.05, 4.69) is 0 Å². The minimum atomic E-state index is -5.97. The fraction of sp³-hybridized carbons (Fsp3) is 0.222. The van der Waals surface area contributed by atoms with Gasteiger partial charge in [0, 0.05) is 0 Å². The summed E-state index contributed by atoms with van der Waals surface area (Å²) in [7, 11) is -5.97. The van der Waals surface area contributed by atoms with Crippen LogP contribution in [0.2, 0.25) is 0 Å². The second-order valence-corrected chi connectivity index (χ2v) is 5.33. The number of aromatic carboxylic acids is 1. The van der Waals surface area contributed by atoms with Gasteiger partial charge in [-0.3, -0.25) is 4.72 Å². The topological polar surface area (TPSA) is 83.5 Å². The van der Waals surface area contributed by atoms with E-state index in [1.807, 2.05) is 0 Å². The fourth-order valence-corrected chi connectivity index (χ4v) is 1.73. The van der Waals surface area contributed by atoms with Crippen molar-refractivity contribution in [3.8, 4) is 0 Å². The molecule has 1 aromatic rings. The van der Waals surface area contributed by atoms with Crippen molar-refractivity contribution in [1.29, 1.82) is 0 Å². The number of carboxylic acids is 1. The highest BCUT2D eigenvalue weighted by atomic mass is 32.2. The molecular formula is C9H5F6NO4S. The molecule has 0 bridgehead atoms. The molecule has 0 heterocycles. The Labute approximate surface area is 113 Å². The first-order valence-electron chi connectivity index (χ1n) is 4.79. The van der Waals surface area contributed by atoms with E-state index in [0.717, 1.165) is 4.72 Å². The summed E-state index contributed by atoms with van der Waals surface area (Å²) in [5.74, 6) is -1.87. The number of nitrogens with one attached hydrogen (secondary N) is 1. The van der Waals surface area contributed by atoms with Gasteiger partial charge in [0.1, 0.15) is 0 Å². The lowest BCUT2D eigenvalue weighted by Crippen LogP contribution is -2.30. The predicted octanol–water partition coefficient (Wildman–Crippen LogP) is 2.67. The van der Waals surface area contributed by atoms with Gasteiger partial charge in [-0.25, -0.2) is 4.79 Å². The van der Waals surface area contributed by atoms with Crippen molar-refractivity contribution in [1.82, 2.24) is 0 Å². The van der Waals surface area contributed by atoms with Gasteiger partial charge in [-0.1, -0.05) is 0 Å². The molecule has 0 aliphatic heterocycles. The van der Waals surface area contributed by atoms with E-state index in [9.17, 15) is 39.6 Å². The van der Waals surface area contributed by atoms with Gasteiger partial charge in [0.2, 0.25) is 0 Å². The van der Waals surface area contributed by atoms with E-state index in [4.69, 9.17) is 5.11 Å². The molecule has 118 valence electrons. The van der Waals surface area contributed by atoms with Crippen LogP contribution in [-0.4, -0.2) is 25.0 Å². The number of anilines is 1. The molecule has 2 N–H and O–H groups in total. The van der Waals surface area contributed by atoms with Crippen molar-refractivity contribution < 1.29 is 44.7 Å². The number of hydrogen-bond donors (Lipinski definition) is 2. The summed E-state index contributed by atoms with van der Waals surface area (Å²) in [4.78, 5) is 10.6. The molecule has 0 aliphatic carbocycles. The van der Waals surface area contributed by atoms with Crippen molar-refractivity contribution in [3.63, 3.8) is 0 Å². The first-order chi connectivity index (χ1) is 9.24. The third kappa shape index (κ3) is 4.00. The van der Waals surface area contributed by atoms with Crippen molar-refractivity contribution in [2.75, 3.05) is 4.72 Å². The van der Waals surface area contributed by atoms with E-state index < -0.39 is 44.5 Å². The molecule has 0 radical (unpaired) electrons. The van der Waals surface area contributed by atoms with Crippen molar-refractivity contribution >= 4 is 21.7 Å². The Kier molecular flexibility index (Phi) is 4.14. The molecule has 0 aromatic heterocycles. The Morgan fingerprint density at radius 3 is 1.95 bits per heavy atom. The molecule has 5 nitrogen and oxygen atoms in total. The minimum absolute atomic E-state index is 0.0513. The molecule has 0 atom stereocenters. The third-order valence-corrected chi connectivity index (χ3v) is 3.18. The Bertz CT molecular complexity index is 664. The molecule has 0 spiro atoms. The number of carboxylic acid groups (broad SMARTS) is 1. The van der Waals surface area contributed by atoms with Crippen LogP contribution in [0.15, 0.2) is 18.2 Å². The van der Waals surface area contributed by atoms with E-state index in [1.165, 1.54) is 0 Å². The monoisotopic (exact) mass is 337 g/mol. The van der Waals surface area contributed by atoms with Gasteiger partial charge in [0.25, 0.3) is 0 Å². The summed E-state index contributed by atoms with van der Waals surface area (Å²) in [6.45, 7) is 0. The lowest BCUT2D eigenvalue weighted by atomic mass is 10.1. The number of hydrogen-bond acceptors (Lipinski definition) is 3. The van der Waals surface area contributed by atoms with E-state index >= 15 is 0 Å². The number of carbonyl (C=O) groups is 1. The Morgan fingerprint density at radius 2 is 1.57 bits per heavy atom. The molecule has 21 heavy (non-hydrogen) atoms. The summed E-state index contributed by atoms with van der Waals surface area (Å²) in [6, 6.07) is 0.546. The number of halogens is 6. The maximum atomic E-state index is 12.5. The number of benzene rings is 1. The largest absolute Gasteiger partial charge is 0.516 e. The summed E-state index contributed by atoms with van der Waals surface area (Å²) in [6.07, 6.45) is -5.07. The normalized spacial score (nSPS) is 13.0. The van der Waals surface area contributed by atoms with Crippen LogP contribution in [0.4, 0.5) is 32.0 Å². The van der Waals surface area contributed by atoms with Crippen molar-refractivity contribution in [3.05, 3.63) is 29.3 Å². The molecule has 0 unspecified atom stereocenters. The second kappa shape index (κ2) is 5.09. The van der Waals surface area contributed by atoms with E-state index in [1.54, 1.807) is 0 Å². The summed E-state index contributed by atoms with van der Waals surface area (Å²) in [5.41, 5.74) is -9.56. The molecule has 12 heteroatoms. The highest BCUT2D eigenvalue weighted by molar-refractivity contribution is 7.93. The molecule has 1 rings (SSSR count). The van der Waals surface area contributed by atoms with Gasteiger partial charge in [-0.2, -0.15) is 34.8 Å². The van der Waals surface area contributed by atoms with Gasteiger partial charge < -0.3 is 5.11 Å². The zero-order valence-corrected chi connectivity index (χ0v) is 10.4. The third-order valence-electron chi connectivity index (χ3n) is 2.06. The number of alkyl halides is 6. The molecule has 1 aromatic carbocycles. The number of sulfonamides is 1. The van der Waals surface area contributed by atoms with E-state index in [-0.39, 0.29) is 12.1 Å². The van der Waals surface area contributed by atoms with Gasteiger partial charge in [-0.15, -0.1) is 0 Å². The first-order valence-corrected chi connectivity index (χ1v) is 6.27. The maximum absolute atomic E-state index is 12.5. The van der Waals surface area contributed by atoms with Crippen LogP contribution in [0.5, 0.6) is 0 Å². The zero-order valence-electron chi connectivity index (χ0n) is 9.58. The Balaban J connectivity index is 3.38. The molecule has 0 amide bonds. The van der Waals surface area contributed by atoms with Crippen LogP contribution in [-0.2, 0) is 16.2 Å². The highest BCUT2D eigenvalue weighted by Gasteiger charge is 2.46. The second-order valence-electron chi connectivity index (χ2n) is 3.65. The predicted molar refractivity (Wildman–Crippen MR) is 57.0 cm³/mol. The van der Waals surface area contributed by atoms with Crippen LogP contribution in [0.3, 0.4) is 0 Å². The molecule has 0 saturated carbocycles. The maximum Gasteiger partial charge on any atom is 0.516 e. The fourth-order valence-electron chi connectivity index (χ4n) is 1.19. The van der Waals surface area contributed by atoms with Gasteiger partial charge in [0.15, 0.2) is 0 Å². The van der Waals surface area contributed by atoms with Gasteiger partial charge >= 0.3 is 27.7 Å². The van der Waals surface area contributed by atoms with Crippen LogP contribution < -0.4 is 4.72 Å². The average molecular weight is 337 g/mol. The summed E-state index contributed by atoms with van der Waals surface area (Å²) in [5, 5.41) is 8.59. The summed E-state index contributed by atoms with van der Waals surface area (Å²) < 4.78 is 96.3. The Hall–Kier alpha value is -1.98. The standard InChI is InChI=1S/C9H5F6NO4S/c10-8(11,12)5-1-4(7(17)18)2-6(3-5)16-21(19,20)9(13,14)15/h1-3,16H,(H,17,18). The van der Waals surface area contributed by atoms with Crippen molar-refractivity contribution in [2.24, 2.45) is 0 Å². The van der Waals surface area contributed by atoms with Gasteiger partial charge in [-0.05, 0) is 18.2 Å². The van der Waals surface area contributed by atoms with Crippen LogP contribution >= 0.6 is 0 Å². The Morgan fingerprint density at radius 1 is 1.05 bits per heavy atom. The SMILES string of the molecule is O=C(O)c1cc(NS(=O)(=O)C(F)(F)F)cc(C(F)(F)F)c1. The lowest BCUT2D eigenvalue weighted by Gasteiger charge is -2.13. The minimum Gasteiger partial charge on any atom is -0.478 e. The number of rotatable bonds is 3. The van der Waals surface area contributed by atoms with Crippen molar-refractivity contribution in [2.45, 2.75) is 11.7 Å². The van der Waals surface area contributed by atoms with Crippen LogP contribution in [0.1, 0.15) is 15.9 Å². The molecule has 0 fully saturated rings. The quantitative estimate of drug-likeness (QED) is 0.831. The molecule has 0 saturated heterocycles. The molecular weight excluding hydrogens is 332 g/mol. The van der Waals surface area contributed by atoms with Crippen LogP contribution in [0, 0.1) is 0 Å². The van der Waals surface area contributed by atoms with E-state index in [0.29, 0.717) is 6.07 Å². The van der Waals surface area contributed by atoms with Crippen LogP contribution in [0.25, 0.3) is 0 Å². The average Bonchev–Trinajstić information content (AvgIpc) is 2.24. The highest BCUT2D eigenvalue weighted by Crippen LogP contribution is 2.33. The zero-order chi connectivity index (χ0) is 16.6.